The molecule has 0 saturated carbocycles. The highest BCUT2D eigenvalue weighted by molar-refractivity contribution is 5.48. The first-order valence-corrected chi connectivity index (χ1v) is 6.85. The number of hydrogen-bond acceptors (Lipinski definition) is 4. The van der Waals surface area contributed by atoms with Crippen molar-refractivity contribution >= 4 is 5.82 Å². The Labute approximate surface area is 114 Å². The zero-order valence-electron chi connectivity index (χ0n) is 11.8. The van der Waals surface area contributed by atoms with Gasteiger partial charge in [0.05, 0.1) is 24.9 Å². The summed E-state index contributed by atoms with van der Waals surface area (Å²) in [5.41, 5.74) is 0.905. The van der Waals surface area contributed by atoms with Gasteiger partial charge in [-0.3, -0.25) is 0 Å². The van der Waals surface area contributed by atoms with Crippen LogP contribution >= 0.6 is 0 Å². The minimum Gasteiger partial charge on any atom is -0.375 e. The molecule has 0 aromatic carbocycles. The number of anilines is 1. The van der Waals surface area contributed by atoms with Crippen molar-refractivity contribution in [2.24, 2.45) is 0 Å². The number of morpholine rings is 1. The van der Waals surface area contributed by atoms with Gasteiger partial charge in [-0.15, -0.1) is 0 Å². The quantitative estimate of drug-likeness (QED) is 0.904. The smallest absolute Gasteiger partial charge is 0.141 e. The molecule has 2 atom stereocenters. The number of pyridine rings is 1. The summed E-state index contributed by atoms with van der Waals surface area (Å²) in [5.74, 6) is 0.579. The molecule has 106 valence electrons. The van der Waals surface area contributed by atoms with Crippen LogP contribution in [0.5, 0.6) is 0 Å². The molecule has 1 fully saturated rings. The fraction of sp³-hybridized carbons (Fsp3) is 0.643. The van der Waals surface area contributed by atoms with E-state index in [1.54, 1.807) is 6.07 Å². The van der Waals surface area contributed by atoms with E-state index in [0.29, 0.717) is 13.2 Å². The van der Waals surface area contributed by atoms with E-state index in [-0.39, 0.29) is 18.0 Å². The van der Waals surface area contributed by atoms with E-state index in [0.717, 1.165) is 24.5 Å². The minimum absolute atomic E-state index is 0.176. The largest absolute Gasteiger partial charge is 0.375 e. The first-order valence-electron chi connectivity index (χ1n) is 6.85. The molecule has 1 aromatic heterocycles. The Morgan fingerprint density at radius 3 is 3.05 bits per heavy atom. The Kier molecular flexibility index (Phi) is 4.71. The van der Waals surface area contributed by atoms with Gasteiger partial charge in [0.1, 0.15) is 11.6 Å². The van der Waals surface area contributed by atoms with Crippen LogP contribution in [0.4, 0.5) is 10.2 Å². The summed E-state index contributed by atoms with van der Waals surface area (Å²) < 4.78 is 19.0. The van der Waals surface area contributed by atoms with E-state index in [9.17, 15) is 4.39 Å². The highest BCUT2D eigenvalue weighted by Crippen LogP contribution is 2.24. The predicted octanol–water partition coefficient (Wildman–Crippen LogP) is 1.94. The van der Waals surface area contributed by atoms with Crippen molar-refractivity contribution in [2.45, 2.75) is 39.5 Å². The maximum Gasteiger partial charge on any atom is 0.141 e. The van der Waals surface area contributed by atoms with Crippen molar-refractivity contribution < 1.29 is 9.13 Å². The van der Waals surface area contributed by atoms with Crippen molar-refractivity contribution in [3.8, 4) is 0 Å². The minimum atomic E-state index is -0.286. The van der Waals surface area contributed by atoms with Gasteiger partial charge in [-0.25, -0.2) is 9.37 Å². The van der Waals surface area contributed by atoms with Crippen LogP contribution in [-0.4, -0.2) is 36.8 Å². The molecular formula is C14H22FN3O. The van der Waals surface area contributed by atoms with Crippen LogP contribution in [0, 0.1) is 5.82 Å². The number of nitrogens with one attached hydrogen (secondary N) is 1. The molecule has 0 aliphatic carbocycles. The summed E-state index contributed by atoms with van der Waals surface area (Å²) >= 11 is 0. The maximum absolute atomic E-state index is 13.4. The van der Waals surface area contributed by atoms with E-state index >= 15 is 0 Å². The number of nitrogens with zero attached hydrogens (tertiary/aromatic N) is 2. The molecule has 0 radical (unpaired) electrons. The number of rotatable bonds is 4. The van der Waals surface area contributed by atoms with Gasteiger partial charge in [0.15, 0.2) is 0 Å². The molecule has 4 nitrogen and oxygen atoms in total. The van der Waals surface area contributed by atoms with Gasteiger partial charge < -0.3 is 15.0 Å². The normalized spacial score (nSPS) is 23.7. The molecule has 1 N–H and O–H groups in total. The van der Waals surface area contributed by atoms with E-state index < -0.39 is 0 Å². The molecule has 5 heteroatoms. The molecule has 2 rings (SSSR count). The molecule has 0 amide bonds. The van der Waals surface area contributed by atoms with Gasteiger partial charge >= 0.3 is 0 Å². The zero-order valence-corrected chi connectivity index (χ0v) is 11.8. The van der Waals surface area contributed by atoms with Gasteiger partial charge in [-0.2, -0.15) is 0 Å². The topological polar surface area (TPSA) is 37.4 Å². The lowest BCUT2D eigenvalue weighted by Gasteiger charge is -2.38. The van der Waals surface area contributed by atoms with Crippen LogP contribution in [0.1, 0.15) is 26.3 Å². The SMILES string of the molecule is CCNCc1cc(F)cnc1N1CC(C)OCC1C. The molecule has 0 spiro atoms. The standard InChI is InChI=1S/C14H22FN3O/c1-4-16-6-12-5-13(15)7-17-14(12)18-8-11(3)19-9-10(18)2/h5,7,10-11,16H,4,6,8-9H2,1-3H3. The summed E-state index contributed by atoms with van der Waals surface area (Å²) in [4.78, 5) is 6.50. The van der Waals surface area contributed by atoms with Crippen molar-refractivity contribution in [1.29, 1.82) is 0 Å². The lowest BCUT2D eigenvalue weighted by Crippen LogP contribution is -2.48. The number of hydrogen-bond donors (Lipinski definition) is 1. The average molecular weight is 267 g/mol. The van der Waals surface area contributed by atoms with Crippen LogP contribution in [-0.2, 0) is 11.3 Å². The van der Waals surface area contributed by atoms with Gasteiger partial charge in [0, 0.05) is 18.7 Å². The van der Waals surface area contributed by atoms with Crippen LogP contribution in [0.15, 0.2) is 12.3 Å². The van der Waals surface area contributed by atoms with Crippen LogP contribution in [0.25, 0.3) is 0 Å². The number of ether oxygens (including phenoxy) is 1. The van der Waals surface area contributed by atoms with Gasteiger partial charge in [-0.05, 0) is 26.5 Å². The third-order valence-corrected chi connectivity index (χ3v) is 3.35. The van der Waals surface area contributed by atoms with Crippen LogP contribution in [0.3, 0.4) is 0 Å². The zero-order chi connectivity index (χ0) is 13.8. The summed E-state index contributed by atoms with van der Waals surface area (Å²) in [7, 11) is 0. The van der Waals surface area contributed by atoms with Crippen molar-refractivity contribution in [2.75, 3.05) is 24.6 Å². The summed E-state index contributed by atoms with van der Waals surface area (Å²) in [5, 5.41) is 3.23. The molecule has 19 heavy (non-hydrogen) atoms. The second-order valence-electron chi connectivity index (χ2n) is 5.06. The summed E-state index contributed by atoms with van der Waals surface area (Å²) in [6.07, 6.45) is 1.47. The Morgan fingerprint density at radius 1 is 1.53 bits per heavy atom. The van der Waals surface area contributed by atoms with Crippen LogP contribution in [0.2, 0.25) is 0 Å². The van der Waals surface area contributed by atoms with E-state index in [1.807, 2.05) is 13.8 Å². The van der Waals surface area contributed by atoms with Gasteiger partial charge in [0.25, 0.3) is 0 Å². The van der Waals surface area contributed by atoms with Crippen LogP contribution < -0.4 is 10.2 Å². The lowest BCUT2D eigenvalue weighted by atomic mass is 10.1. The molecule has 1 aromatic rings. The molecule has 0 bridgehead atoms. The van der Waals surface area contributed by atoms with Gasteiger partial charge in [-0.1, -0.05) is 6.92 Å². The highest BCUT2D eigenvalue weighted by Gasteiger charge is 2.26. The Bertz CT molecular complexity index is 427. The van der Waals surface area contributed by atoms with E-state index in [1.165, 1.54) is 6.20 Å². The second-order valence-corrected chi connectivity index (χ2v) is 5.06. The molecule has 1 saturated heterocycles. The number of aromatic nitrogens is 1. The molecule has 1 aliphatic rings. The maximum atomic E-state index is 13.4. The third-order valence-electron chi connectivity index (χ3n) is 3.35. The molecule has 2 unspecified atom stereocenters. The van der Waals surface area contributed by atoms with E-state index in [4.69, 9.17) is 4.74 Å². The average Bonchev–Trinajstić information content (AvgIpc) is 2.39. The summed E-state index contributed by atoms with van der Waals surface area (Å²) in [6, 6.07) is 1.83. The van der Waals surface area contributed by atoms with E-state index in [2.05, 4.69) is 22.1 Å². The van der Waals surface area contributed by atoms with Crippen molar-refractivity contribution in [1.82, 2.24) is 10.3 Å². The lowest BCUT2D eigenvalue weighted by molar-refractivity contribution is 0.0339. The fourth-order valence-electron chi connectivity index (χ4n) is 2.32. The Hall–Kier alpha value is -1.20. The summed E-state index contributed by atoms with van der Waals surface area (Å²) in [6.45, 7) is 9.14. The monoisotopic (exact) mass is 267 g/mol. The first kappa shape index (κ1) is 14.2. The fourth-order valence-corrected chi connectivity index (χ4v) is 2.32. The van der Waals surface area contributed by atoms with Gasteiger partial charge in [0.2, 0.25) is 0 Å². The molecule has 1 aliphatic heterocycles. The second kappa shape index (κ2) is 6.30. The predicted molar refractivity (Wildman–Crippen MR) is 73.8 cm³/mol. The Balaban J connectivity index is 2.26. The first-order chi connectivity index (χ1) is 9.11. The van der Waals surface area contributed by atoms with Crippen molar-refractivity contribution in [3.63, 3.8) is 0 Å². The third kappa shape index (κ3) is 3.42. The molecular weight excluding hydrogens is 245 g/mol. The molecule has 2 heterocycles. The number of halogens is 1. The Morgan fingerprint density at radius 2 is 2.32 bits per heavy atom. The van der Waals surface area contributed by atoms with Crippen molar-refractivity contribution in [3.05, 3.63) is 23.6 Å². The highest BCUT2D eigenvalue weighted by atomic mass is 19.1.